The second-order valence-corrected chi connectivity index (χ2v) is 4.64. The highest BCUT2D eigenvalue weighted by Crippen LogP contribution is 2.26. The molecule has 1 N–H and O–H groups in total. The molecule has 0 bridgehead atoms. The molecule has 0 amide bonds. The van der Waals surface area contributed by atoms with Crippen molar-refractivity contribution in [3.63, 3.8) is 0 Å². The third-order valence-corrected chi connectivity index (χ3v) is 2.58. The Morgan fingerprint density at radius 2 is 2.29 bits per heavy atom. The Hall–Kier alpha value is -0.910. The highest BCUT2D eigenvalue weighted by molar-refractivity contribution is 5.72. The fraction of sp³-hybridized carbons (Fsp3) is 0.750. The van der Waals surface area contributed by atoms with Crippen molar-refractivity contribution in [1.29, 1.82) is 0 Å². The minimum absolute atomic E-state index is 0.116. The lowest BCUT2D eigenvalue weighted by Crippen LogP contribution is -2.31. The van der Waals surface area contributed by atoms with Gasteiger partial charge in [-0.3, -0.25) is 4.79 Å². The molecule has 2 atom stereocenters. The van der Waals surface area contributed by atoms with Gasteiger partial charge < -0.3 is 19.3 Å². The Bertz CT molecular complexity index is 297. The number of hydrogen-bond acceptors (Lipinski definition) is 5. The number of ether oxygens (including phenoxy) is 3. The van der Waals surface area contributed by atoms with Crippen molar-refractivity contribution in [3.8, 4) is 0 Å². The van der Waals surface area contributed by atoms with Crippen LogP contribution in [0.25, 0.3) is 0 Å². The Labute approximate surface area is 101 Å². The molecule has 17 heavy (non-hydrogen) atoms. The summed E-state index contributed by atoms with van der Waals surface area (Å²) in [6.45, 7) is 7.67. The smallest absolute Gasteiger partial charge is 0.309 e. The average molecular weight is 244 g/mol. The molecule has 1 fully saturated rings. The molecular weight excluding hydrogens is 224 g/mol. The van der Waals surface area contributed by atoms with E-state index in [2.05, 4.69) is 11.3 Å². The molecule has 0 aromatic carbocycles. The van der Waals surface area contributed by atoms with Crippen molar-refractivity contribution in [2.24, 2.45) is 0 Å². The van der Waals surface area contributed by atoms with Crippen LogP contribution in [0.3, 0.4) is 0 Å². The Kier molecular flexibility index (Phi) is 4.68. The summed E-state index contributed by atoms with van der Waals surface area (Å²) in [5, 5.41) is 9.92. The zero-order valence-corrected chi connectivity index (χ0v) is 10.6. The van der Waals surface area contributed by atoms with Crippen LogP contribution in [-0.2, 0) is 19.0 Å². The molecule has 0 unspecified atom stereocenters. The van der Waals surface area contributed by atoms with Crippen LogP contribution in [0.5, 0.6) is 0 Å². The van der Waals surface area contributed by atoms with E-state index in [-0.39, 0.29) is 18.5 Å². The number of carbonyl (C=O) groups is 1. The van der Waals surface area contributed by atoms with E-state index < -0.39 is 11.9 Å². The zero-order chi connectivity index (χ0) is 13.1. The van der Waals surface area contributed by atoms with Crippen molar-refractivity contribution in [2.45, 2.75) is 44.7 Å². The molecule has 1 rings (SSSR count). The van der Waals surface area contributed by atoms with E-state index in [0.29, 0.717) is 18.6 Å². The number of aliphatic hydroxyl groups excluding tert-OH is 1. The third kappa shape index (κ3) is 4.46. The van der Waals surface area contributed by atoms with Gasteiger partial charge in [0, 0.05) is 0 Å². The van der Waals surface area contributed by atoms with Crippen LogP contribution in [0.4, 0.5) is 0 Å². The molecule has 0 aromatic heterocycles. The summed E-state index contributed by atoms with van der Waals surface area (Å²) >= 11 is 0. The van der Waals surface area contributed by atoms with E-state index in [1.807, 2.05) is 0 Å². The first-order valence-electron chi connectivity index (χ1n) is 5.57. The summed E-state index contributed by atoms with van der Waals surface area (Å²) in [4.78, 5) is 11.0. The summed E-state index contributed by atoms with van der Waals surface area (Å²) in [6.07, 6.45) is -0.669. The molecule has 0 radical (unpaired) electrons. The van der Waals surface area contributed by atoms with Crippen LogP contribution in [0.15, 0.2) is 12.2 Å². The largest absolute Gasteiger partial charge is 0.469 e. The number of aliphatic hydroxyl groups is 1. The van der Waals surface area contributed by atoms with Gasteiger partial charge in [0.25, 0.3) is 0 Å². The standard InChI is InChI=1S/C12H20O5/c1-8(6-11(14)15-4)5-9(13)10-7-16-12(2,3)17-10/h9-10,13H,1,5-7H2,2-4H3/t9-,10+/m0/s1. The Balaban J connectivity index is 2.37. The van der Waals surface area contributed by atoms with Crippen molar-refractivity contribution in [3.05, 3.63) is 12.2 Å². The Morgan fingerprint density at radius 3 is 2.76 bits per heavy atom. The summed E-state index contributed by atoms with van der Waals surface area (Å²) < 4.78 is 15.4. The number of esters is 1. The van der Waals surface area contributed by atoms with Crippen molar-refractivity contribution in [2.75, 3.05) is 13.7 Å². The lowest BCUT2D eigenvalue weighted by Gasteiger charge is -2.20. The topological polar surface area (TPSA) is 65.0 Å². The molecule has 1 aliphatic rings. The van der Waals surface area contributed by atoms with Crippen LogP contribution in [0.1, 0.15) is 26.7 Å². The molecule has 5 nitrogen and oxygen atoms in total. The van der Waals surface area contributed by atoms with E-state index in [1.165, 1.54) is 7.11 Å². The van der Waals surface area contributed by atoms with Crippen molar-refractivity contribution < 1.29 is 24.1 Å². The van der Waals surface area contributed by atoms with Crippen molar-refractivity contribution >= 4 is 5.97 Å². The molecule has 0 saturated carbocycles. The van der Waals surface area contributed by atoms with Crippen LogP contribution in [0, 0.1) is 0 Å². The molecule has 1 aliphatic heterocycles. The van der Waals surface area contributed by atoms with Gasteiger partial charge in [0.2, 0.25) is 0 Å². The maximum absolute atomic E-state index is 11.0. The minimum Gasteiger partial charge on any atom is -0.469 e. The zero-order valence-electron chi connectivity index (χ0n) is 10.6. The second kappa shape index (κ2) is 5.62. The third-order valence-electron chi connectivity index (χ3n) is 2.58. The van der Waals surface area contributed by atoms with Gasteiger partial charge in [0.15, 0.2) is 5.79 Å². The Morgan fingerprint density at radius 1 is 1.65 bits per heavy atom. The van der Waals surface area contributed by atoms with Crippen molar-refractivity contribution in [1.82, 2.24) is 0 Å². The molecule has 1 saturated heterocycles. The molecule has 5 heteroatoms. The number of carbonyl (C=O) groups excluding carboxylic acids is 1. The van der Waals surface area contributed by atoms with E-state index in [9.17, 15) is 9.90 Å². The molecule has 0 aliphatic carbocycles. The summed E-state index contributed by atoms with van der Waals surface area (Å²) in [6, 6.07) is 0. The number of hydrogen-bond donors (Lipinski definition) is 1. The number of rotatable bonds is 5. The monoisotopic (exact) mass is 244 g/mol. The predicted octanol–water partition coefficient (Wildman–Crippen LogP) is 1.01. The first-order valence-corrected chi connectivity index (χ1v) is 5.57. The molecule has 0 aromatic rings. The van der Waals surface area contributed by atoms with E-state index in [4.69, 9.17) is 9.47 Å². The van der Waals surface area contributed by atoms with E-state index >= 15 is 0 Å². The number of methoxy groups -OCH3 is 1. The SMILES string of the molecule is C=C(CC(=O)OC)C[C@H](O)[C@H]1COC(C)(C)O1. The lowest BCUT2D eigenvalue weighted by molar-refractivity contribution is -0.151. The second-order valence-electron chi connectivity index (χ2n) is 4.64. The summed E-state index contributed by atoms with van der Waals surface area (Å²) in [5.41, 5.74) is 0.623. The van der Waals surface area contributed by atoms with Gasteiger partial charge >= 0.3 is 5.97 Å². The van der Waals surface area contributed by atoms with Crippen LogP contribution in [-0.4, -0.2) is 42.8 Å². The quantitative estimate of drug-likeness (QED) is 0.577. The molecular formula is C12H20O5. The first kappa shape index (κ1) is 14.2. The van der Waals surface area contributed by atoms with Gasteiger partial charge in [-0.25, -0.2) is 0 Å². The highest BCUT2D eigenvalue weighted by atomic mass is 16.7. The normalized spacial score (nSPS) is 24.4. The fourth-order valence-corrected chi connectivity index (χ4v) is 1.68. The first-order chi connectivity index (χ1) is 7.84. The fourth-order valence-electron chi connectivity index (χ4n) is 1.68. The average Bonchev–Trinajstić information content (AvgIpc) is 2.58. The minimum atomic E-state index is -0.714. The van der Waals surface area contributed by atoms with Crippen LogP contribution < -0.4 is 0 Å². The summed E-state index contributed by atoms with van der Waals surface area (Å²) in [5.74, 6) is -1.01. The maximum Gasteiger partial charge on any atom is 0.309 e. The molecule has 98 valence electrons. The van der Waals surface area contributed by atoms with Gasteiger partial charge in [-0.05, 0) is 20.3 Å². The van der Waals surface area contributed by atoms with Gasteiger partial charge in [0.1, 0.15) is 6.10 Å². The molecule has 1 heterocycles. The van der Waals surface area contributed by atoms with Gasteiger partial charge in [-0.15, -0.1) is 0 Å². The van der Waals surface area contributed by atoms with Gasteiger partial charge in [0.05, 0.1) is 26.2 Å². The van der Waals surface area contributed by atoms with Gasteiger partial charge in [-0.1, -0.05) is 12.2 Å². The predicted molar refractivity (Wildman–Crippen MR) is 61.3 cm³/mol. The maximum atomic E-state index is 11.0. The van der Waals surface area contributed by atoms with Crippen LogP contribution in [0.2, 0.25) is 0 Å². The van der Waals surface area contributed by atoms with E-state index in [0.717, 1.165) is 0 Å². The van der Waals surface area contributed by atoms with Gasteiger partial charge in [-0.2, -0.15) is 0 Å². The lowest BCUT2D eigenvalue weighted by atomic mass is 10.0. The highest BCUT2D eigenvalue weighted by Gasteiger charge is 2.36. The van der Waals surface area contributed by atoms with E-state index in [1.54, 1.807) is 13.8 Å². The summed E-state index contributed by atoms with van der Waals surface area (Å²) in [7, 11) is 1.32. The molecule has 0 spiro atoms. The van der Waals surface area contributed by atoms with Crippen LogP contribution >= 0.6 is 0 Å².